The van der Waals surface area contributed by atoms with Gasteiger partial charge in [-0.15, -0.1) is 12.4 Å². The van der Waals surface area contributed by atoms with Gasteiger partial charge in [-0.3, -0.25) is 9.59 Å². The highest BCUT2D eigenvalue weighted by Crippen LogP contribution is 2.24. The molecule has 1 saturated heterocycles. The van der Waals surface area contributed by atoms with Crippen molar-refractivity contribution in [1.82, 2.24) is 10.2 Å². The molecule has 1 heterocycles. The zero-order valence-electron chi connectivity index (χ0n) is 15.8. The molecule has 26 heavy (non-hydrogen) atoms. The maximum Gasteiger partial charge on any atom is 0.224 e. The number of amides is 2. The number of piperidine rings is 1. The van der Waals surface area contributed by atoms with Crippen LogP contribution < -0.4 is 11.1 Å². The minimum Gasteiger partial charge on any atom is -0.356 e. The molecule has 0 spiro atoms. The molecule has 1 aromatic rings. The van der Waals surface area contributed by atoms with Gasteiger partial charge in [0.2, 0.25) is 11.8 Å². The Hall–Kier alpha value is -1.59. The summed E-state index contributed by atoms with van der Waals surface area (Å²) in [7, 11) is 0. The van der Waals surface area contributed by atoms with Gasteiger partial charge >= 0.3 is 0 Å². The van der Waals surface area contributed by atoms with Gasteiger partial charge in [0.05, 0.1) is 5.92 Å². The summed E-state index contributed by atoms with van der Waals surface area (Å²) in [5, 5.41) is 2.99. The Labute approximate surface area is 163 Å². The first-order chi connectivity index (χ1) is 12.0. The first-order valence-electron chi connectivity index (χ1n) is 9.40. The first kappa shape index (κ1) is 22.5. The molecule has 0 aliphatic carbocycles. The van der Waals surface area contributed by atoms with Crippen LogP contribution in [0.2, 0.25) is 0 Å². The van der Waals surface area contributed by atoms with Crippen molar-refractivity contribution in [3.8, 4) is 0 Å². The summed E-state index contributed by atoms with van der Waals surface area (Å²) < 4.78 is 0. The molecule has 0 saturated carbocycles. The van der Waals surface area contributed by atoms with Gasteiger partial charge in [-0.2, -0.15) is 0 Å². The summed E-state index contributed by atoms with van der Waals surface area (Å²) >= 11 is 0. The third-order valence-electron chi connectivity index (χ3n) is 5.03. The van der Waals surface area contributed by atoms with E-state index in [9.17, 15) is 9.59 Å². The summed E-state index contributed by atoms with van der Waals surface area (Å²) in [5.41, 5.74) is 7.16. The molecular formula is C20H32ClN3O2. The molecule has 146 valence electrons. The standard InChI is InChI=1S/C20H31N3O2.ClH/c1-3-4-12-22-20(25)17-11-10-15(2)23(14-17)19(24)13-18(21)16-8-6-5-7-9-16;/h5-9,15,17-18H,3-4,10-14,21H2,1-2H3,(H,22,25);1H. The van der Waals surface area contributed by atoms with Gasteiger partial charge in [-0.1, -0.05) is 43.7 Å². The highest BCUT2D eigenvalue weighted by atomic mass is 35.5. The number of nitrogens with zero attached hydrogens (tertiary/aromatic N) is 1. The highest BCUT2D eigenvalue weighted by molar-refractivity contribution is 5.85. The number of nitrogens with one attached hydrogen (secondary N) is 1. The molecule has 1 aliphatic heterocycles. The highest BCUT2D eigenvalue weighted by Gasteiger charge is 2.32. The molecule has 3 unspecified atom stereocenters. The minimum atomic E-state index is -0.306. The number of benzene rings is 1. The number of hydrogen-bond donors (Lipinski definition) is 2. The lowest BCUT2D eigenvalue weighted by Crippen LogP contribution is -2.50. The summed E-state index contributed by atoms with van der Waals surface area (Å²) in [4.78, 5) is 26.9. The van der Waals surface area contributed by atoms with Crippen molar-refractivity contribution in [1.29, 1.82) is 0 Å². The van der Waals surface area contributed by atoms with Crippen LogP contribution in [0.1, 0.15) is 57.6 Å². The predicted octanol–water partition coefficient (Wildman–Crippen LogP) is 3.04. The van der Waals surface area contributed by atoms with E-state index in [0.29, 0.717) is 13.1 Å². The lowest BCUT2D eigenvalue weighted by molar-refractivity contribution is -0.138. The topological polar surface area (TPSA) is 75.4 Å². The molecule has 1 aromatic carbocycles. The van der Waals surface area contributed by atoms with Crippen LogP contribution in [0.3, 0.4) is 0 Å². The lowest BCUT2D eigenvalue weighted by Gasteiger charge is -2.38. The van der Waals surface area contributed by atoms with Crippen molar-refractivity contribution in [2.75, 3.05) is 13.1 Å². The Balaban J connectivity index is 0.00000338. The van der Waals surface area contributed by atoms with E-state index >= 15 is 0 Å². The number of likely N-dealkylation sites (tertiary alicyclic amines) is 1. The fourth-order valence-corrected chi connectivity index (χ4v) is 3.32. The molecule has 2 amide bonds. The van der Waals surface area contributed by atoms with E-state index in [-0.39, 0.29) is 48.6 Å². The van der Waals surface area contributed by atoms with Crippen LogP contribution in [-0.4, -0.2) is 35.8 Å². The smallest absolute Gasteiger partial charge is 0.224 e. The zero-order chi connectivity index (χ0) is 18.2. The normalized spacial score (nSPS) is 20.8. The second-order valence-corrected chi connectivity index (χ2v) is 7.04. The Morgan fingerprint density at radius 3 is 2.62 bits per heavy atom. The molecule has 1 aliphatic rings. The Kier molecular flexibility index (Phi) is 9.66. The summed E-state index contributed by atoms with van der Waals surface area (Å²) in [5.74, 6) is 0.00498. The van der Waals surface area contributed by atoms with Gasteiger partial charge < -0.3 is 16.0 Å². The first-order valence-corrected chi connectivity index (χ1v) is 9.40. The van der Waals surface area contributed by atoms with Gasteiger partial charge in [0.1, 0.15) is 0 Å². The van der Waals surface area contributed by atoms with Crippen molar-refractivity contribution in [3.05, 3.63) is 35.9 Å². The Morgan fingerprint density at radius 2 is 1.96 bits per heavy atom. The molecule has 3 atom stereocenters. The van der Waals surface area contributed by atoms with Crippen molar-refractivity contribution in [2.24, 2.45) is 11.7 Å². The van der Waals surface area contributed by atoms with Crippen LogP contribution >= 0.6 is 12.4 Å². The number of halogens is 1. The van der Waals surface area contributed by atoms with E-state index in [1.807, 2.05) is 35.2 Å². The lowest BCUT2D eigenvalue weighted by atomic mass is 9.91. The molecular weight excluding hydrogens is 350 g/mol. The summed E-state index contributed by atoms with van der Waals surface area (Å²) in [6.45, 7) is 5.37. The van der Waals surface area contributed by atoms with Crippen molar-refractivity contribution < 1.29 is 9.59 Å². The number of rotatable bonds is 7. The average Bonchev–Trinajstić information content (AvgIpc) is 2.62. The number of unbranched alkanes of at least 4 members (excludes halogenated alkanes) is 1. The quantitative estimate of drug-likeness (QED) is 0.713. The molecule has 0 bridgehead atoms. The summed E-state index contributed by atoms with van der Waals surface area (Å²) in [6, 6.07) is 9.55. The fraction of sp³-hybridized carbons (Fsp3) is 0.600. The largest absolute Gasteiger partial charge is 0.356 e. The van der Waals surface area contributed by atoms with E-state index in [4.69, 9.17) is 5.73 Å². The van der Waals surface area contributed by atoms with E-state index in [1.165, 1.54) is 0 Å². The molecule has 0 aromatic heterocycles. The van der Waals surface area contributed by atoms with Crippen LogP contribution in [0.25, 0.3) is 0 Å². The molecule has 0 radical (unpaired) electrons. The van der Waals surface area contributed by atoms with E-state index < -0.39 is 0 Å². The SMILES string of the molecule is CCCCNC(=O)C1CCC(C)N(C(=O)CC(N)c2ccccc2)C1.Cl. The number of nitrogens with two attached hydrogens (primary N) is 1. The van der Waals surface area contributed by atoms with Crippen LogP contribution in [0.4, 0.5) is 0 Å². The molecule has 1 fully saturated rings. The van der Waals surface area contributed by atoms with E-state index in [2.05, 4.69) is 19.2 Å². The molecule has 6 heteroatoms. The van der Waals surface area contributed by atoms with Crippen molar-refractivity contribution in [3.63, 3.8) is 0 Å². The van der Waals surface area contributed by atoms with E-state index in [0.717, 1.165) is 31.2 Å². The van der Waals surface area contributed by atoms with E-state index in [1.54, 1.807) is 0 Å². The number of carbonyl (C=O) groups excluding carboxylic acids is 2. The van der Waals surface area contributed by atoms with Crippen LogP contribution in [0, 0.1) is 5.92 Å². The second-order valence-electron chi connectivity index (χ2n) is 7.04. The third-order valence-corrected chi connectivity index (χ3v) is 5.03. The monoisotopic (exact) mass is 381 g/mol. The van der Waals surface area contributed by atoms with Gasteiger partial charge in [0.25, 0.3) is 0 Å². The van der Waals surface area contributed by atoms with Crippen LogP contribution in [0.5, 0.6) is 0 Å². The second kappa shape index (κ2) is 11.2. The number of carbonyl (C=O) groups is 2. The number of hydrogen-bond acceptors (Lipinski definition) is 3. The zero-order valence-corrected chi connectivity index (χ0v) is 16.6. The van der Waals surface area contributed by atoms with Crippen LogP contribution in [-0.2, 0) is 9.59 Å². The maximum absolute atomic E-state index is 12.7. The van der Waals surface area contributed by atoms with Gasteiger partial charge in [-0.25, -0.2) is 0 Å². The molecule has 5 nitrogen and oxygen atoms in total. The Morgan fingerprint density at radius 1 is 1.27 bits per heavy atom. The van der Waals surface area contributed by atoms with Gasteiger partial charge in [-0.05, 0) is 31.7 Å². The average molecular weight is 382 g/mol. The fourth-order valence-electron chi connectivity index (χ4n) is 3.32. The van der Waals surface area contributed by atoms with Gasteiger partial charge in [0, 0.05) is 31.6 Å². The summed E-state index contributed by atoms with van der Waals surface area (Å²) in [6.07, 6.45) is 4.03. The van der Waals surface area contributed by atoms with Gasteiger partial charge in [0.15, 0.2) is 0 Å². The van der Waals surface area contributed by atoms with Crippen LogP contribution in [0.15, 0.2) is 30.3 Å². The Bertz CT molecular complexity index is 567. The minimum absolute atomic E-state index is 0. The van der Waals surface area contributed by atoms with Crippen molar-refractivity contribution >= 4 is 24.2 Å². The maximum atomic E-state index is 12.7. The molecule has 2 rings (SSSR count). The van der Waals surface area contributed by atoms with Crippen molar-refractivity contribution in [2.45, 2.75) is 58.0 Å². The predicted molar refractivity (Wildman–Crippen MR) is 107 cm³/mol. The third kappa shape index (κ3) is 6.29. The molecule has 3 N–H and O–H groups in total.